The largest absolute Gasteiger partial charge is 0.375 e. The second-order valence-electron chi connectivity index (χ2n) is 6.76. The van der Waals surface area contributed by atoms with E-state index in [1.165, 1.54) is 11.3 Å². The Morgan fingerprint density at radius 1 is 1.16 bits per heavy atom. The maximum Gasteiger partial charge on any atom is 0.0363 e. The fourth-order valence-corrected chi connectivity index (χ4v) is 2.36. The van der Waals surface area contributed by atoms with Crippen molar-refractivity contribution in [1.29, 1.82) is 0 Å². The molecule has 0 heterocycles. The lowest BCUT2D eigenvalue weighted by Gasteiger charge is -2.26. The Morgan fingerprint density at radius 3 is 2.21 bits per heavy atom. The number of rotatable bonds is 6. The first-order valence-corrected chi connectivity index (χ1v) is 7.37. The standard InChI is InChI=1S/C17H30N2/c1-6-14-7-9-16(10-8-14)19(5)12-11-15(18)13-17(2,3)4/h7-10,15H,6,11-13,18H2,1-5H3. The van der Waals surface area contributed by atoms with E-state index in [0.29, 0.717) is 5.41 Å². The van der Waals surface area contributed by atoms with Gasteiger partial charge in [0.05, 0.1) is 0 Å². The minimum absolute atomic E-state index is 0.289. The van der Waals surface area contributed by atoms with Crippen molar-refractivity contribution in [2.24, 2.45) is 11.1 Å². The molecule has 19 heavy (non-hydrogen) atoms. The molecule has 1 aromatic carbocycles. The lowest BCUT2D eigenvalue weighted by Crippen LogP contribution is -2.31. The van der Waals surface area contributed by atoms with Gasteiger partial charge in [-0.3, -0.25) is 0 Å². The van der Waals surface area contributed by atoms with Gasteiger partial charge in [-0.1, -0.05) is 39.8 Å². The SMILES string of the molecule is CCc1ccc(N(C)CCC(N)CC(C)(C)C)cc1. The zero-order valence-corrected chi connectivity index (χ0v) is 13.2. The molecule has 0 aromatic heterocycles. The highest BCUT2D eigenvalue weighted by molar-refractivity contribution is 5.46. The van der Waals surface area contributed by atoms with E-state index in [0.717, 1.165) is 25.8 Å². The summed E-state index contributed by atoms with van der Waals surface area (Å²) in [5.41, 5.74) is 9.19. The van der Waals surface area contributed by atoms with Crippen molar-refractivity contribution < 1.29 is 0 Å². The summed E-state index contributed by atoms with van der Waals surface area (Å²) in [4.78, 5) is 2.29. The summed E-state index contributed by atoms with van der Waals surface area (Å²) in [5, 5.41) is 0. The normalized spacial score (nSPS) is 13.4. The Bertz CT molecular complexity index is 362. The maximum absolute atomic E-state index is 6.21. The number of nitrogens with two attached hydrogens (primary N) is 1. The Kier molecular flexibility index (Phi) is 5.86. The summed E-state index contributed by atoms with van der Waals surface area (Å²) in [6.07, 6.45) is 3.22. The third kappa shape index (κ3) is 6.11. The van der Waals surface area contributed by atoms with E-state index in [-0.39, 0.29) is 6.04 Å². The van der Waals surface area contributed by atoms with Crippen LogP contribution in [0.1, 0.15) is 46.1 Å². The molecule has 1 rings (SSSR count). The summed E-state index contributed by atoms with van der Waals surface area (Å²) in [6, 6.07) is 9.11. The molecule has 2 heteroatoms. The van der Waals surface area contributed by atoms with Crippen molar-refractivity contribution in [2.45, 2.75) is 53.0 Å². The molecule has 2 nitrogen and oxygen atoms in total. The molecule has 0 aliphatic carbocycles. The van der Waals surface area contributed by atoms with Gasteiger partial charge in [0.2, 0.25) is 0 Å². The van der Waals surface area contributed by atoms with Crippen LogP contribution in [-0.2, 0) is 6.42 Å². The fraction of sp³-hybridized carbons (Fsp3) is 0.647. The van der Waals surface area contributed by atoms with Gasteiger partial charge in [0, 0.05) is 25.3 Å². The van der Waals surface area contributed by atoms with Gasteiger partial charge in [-0.2, -0.15) is 0 Å². The molecule has 0 aliphatic rings. The molecule has 0 aliphatic heterocycles. The Hall–Kier alpha value is -1.02. The predicted octanol–water partition coefficient (Wildman–Crippen LogP) is 3.84. The molecule has 1 unspecified atom stereocenters. The van der Waals surface area contributed by atoms with Crippen molar-refractivity contribution in [3.05, 3.63) is 29.8 Å². The monoisotopic (exact) mass is 262 g/mol. The molecular weight excluding hydrogens is 232 g/mol. The zero-order chi connectivity index (χ0) is 14.5. The second kappa shape index (κ2) is 6.95. The van der Waals surface area contributed by atoms with Crippen LogP contribution in [0.2, 0.25) is 0 Å². The second-order valence-corrected chi connectivity index (χ2v) is 6.76. The van der Waals surface area contributed by atoms with Gasteiger partial charge in [0.15, 0.2) is 0 Å². The fourth-order valence-electron chi connectivity index (χ4n) is 2.36. The summed E-state index contributed by atoms with van der Waals surface area (Å²) in [6.45, 7) is 9.95. The van der Waals surface area contributed by atoms with Gasteiger partial charge in [0.1, 0.15) is 0 Å². The molecule has 0 saturated heterocycles. The highest BCUT2D eigenvalue weighted by Gasteiger charge is 2.15. The average molecular weight is 262 g/mol. The molecule has 108 valence electrons. The van der Waals surface area contributed by atoms with Crippen LogP contribution in [0, 0.1) is 5.41 Å². The first-order valence-electron chi connectivity index (χ1n) is 7.37. The Balaban J connectivity index is 2.43. The van der Waals surface area contributed by atoms with E-state index in [9.17, 15) is 0 Å². The van der Waals surface area contributed by atoms with Crippen LogP contribution in [0.25, 0.3) is 0 Å². The van der Waals surface area contributed by atoms with Gasteiger partial charge in [0.25, 0.3) is 0 Å². The highest BCUT2D eigenvalue weighted by Crippen LogP contribution is 2.21. The molecule has 0 radical (unpaired) electrons. The van der Waals surface area contributed by atoms with Crippen LogP contribution >= 0.6 is 0 Å². The maximum atomic E-state index is 6.21. The lowest BCUT2D eigenvalue weighted by molar-refractivity contribution is 0.332. The quantitative estimate of drug-likeness (QED) is 0.844. The minimum atomic E-state index is 0.289. The van der Waals surface area contributed by atoms with Crippen molar-refractivity contribution in [2.75, 3.05) is 18.5 Å². The number of anilines is 1. The van der Waals surface area contributed by atoms with Crippen molar-refractivity contribution >= 4 is 5.69 Å². The van der Waals surface area contributed by atoms with Crippen LogP contribution in [0.3, 0.4) is 0 Å². The Labute approximate surface area is 119 Å². The van der Waals surface area contributed by atoms with E-state index >= 15 is 0 Å². The van der Waals surface area contributed by atoms with Crippen LogP contribution in [0.4, 0.5) is 5.69 Å². The smallest absolute Gasteiger partial charge is 0.0363 e. The summed E-state index contributed by atoms with van der Waals surface area (Å²) < 4.78 is 0. The van der Waals surface area contributed by atoms with E-state index < -0.39 is 0 Å². The first-order chi connectivity index (χ1) is 8.81. The number of hydrogen-bond donors (Lipinski definition) is 1. The van der Waals surface area contributed by atoms with Crippen molar-refractivity contribution in [1.82, 2.24) is 0 Å². The summed E-state index contributed by atoms with van der Waals surface area (Å²) in [7, 11) is 2.14. The number of benzene rings is 1. The van der Waals surface area contributed by atoms with Gasteiger partial charge < -0.3 is 10.6 Å². The molecular formula is C17H30N2. The zero-order valence-electron chi connectivity index (χ0n) is 13.2. The van der Waals surface area contributed by atoms with Crippen LogP contribution < -0.4 is 10.6 Å². The van der Waals surface area contributed by atoms with E-state index in [1.54, 1.807) is 0 Å². The molecule has 1 aromatic rings. The first kappa shape index (κ1) is 16.0. The molecule has 2 N–H and O–H groups in total. The lowest BCUT2D eigenvalue weighted by atomic mass is 9.87. The average Bonchev–Trinajstić information content (AvgIpc) is 2.34. The number of hydrogen-bond acceptors (Lipinski definition) is 2. The van der Waals surface area contributed by atoms with Gasteiger partial charge in [-0.05, 0) is 42.4 Å². The van der Waals surface area contributed by atoms with Crippen LogP contribution in [0.15, 0.2) is 24.3 Å². The molecule has 0 spiro atoms. The Morgan fingerprint density at radius 2 is 1.74 bits per heavy atom. The van der Waals surface area contributed by atoms with Crippen molar-refractivity contribution in [3.63, 3.8) is 0 Å². The molecule has 0 fully saturated rings. The predicted molar refractivity (Wildman–Crippen MR) is 85.8 cm³/mol. The van der Waals surface area contributed by atoms with Gasteiger partial charge in [-0.15, -0.1) is 0 Å². The molecule has 0 amide bonds. The topological polar surface area (TPSA) is 29.3 Å². The summed E-state index contributed by atoms with van der Waals surface area (Å²) in [5.74, 6) is 0. The third-order valence-electron chi connectivity index (χ3n) is 3.50. The van der Waals surface area contributed by atoms with E-state index in [2.05, 4.69) is 63.9 Å². The number of aryl methyl sites for hydroxylation is 1. The molecule has 1 atom stereocenters. The van der Waals surface area contributed by atoms with E-state index in [1.807, 2.05) is 0 Å². The summed E-state index contributed by atoms with van der Waals surface area (Å²) >= 11 is 0. The van der Waals surface area contributed by atoms with Gasteiger partial charge in [-0.25, -0.2) is 0 Å². The van der Waals surface area contributed by atoms with Gasteiger partial charge >= 0.3 is 0 Å². The molecule has 0 saturated carbocycles. The van der Waals surface area contributed by atoms with Crippen molar-refractivity contribution in [3.8, 4) is 0 Å². The van der Waals surface area contributed by atoms with E-state index in [4.69, 9.17) is 5.73 Å². The highest BCUT2D eigenvalue weighted by atomic mass is 15.1. The molecule has 0 bridgehead atoms. The van der Waals surface area contributed by atoms with Crippen LogP contribution in [-0.4, -0.2) is 19.6 Å². The minimum Gasteiger partial charge on any atom is -0.375 e. The third-order valence-corrected chi connectivity index (χ3v) is 3.50. The number of nitrogens with zero attached hydrogens (tertiary/aromatic N) is 1. The van der Waals surface area contributed by atoms with Crippen LogP contribution in [0.5, 0.6) is 0 Å².